The Kier molecular flexibility index (Phi) is 5.51. The van der Waals surface area contributed by atoms with Crippen LogP contribution in [0.25, 0.3) is 0 Å². The van der Waals surface area contributed by atoms with E-state index < -0.39 is 10.8 Å². The average molecular weight is 299 g/mol. The summed E-state index contributed by atoms with van der Waals surface area (Å²) in [7, 11) is 0. The molecule has 0 bridgehead atoms. The Morgan fingerprint density at radius 1 is 1.40 bits per heavy atom. The van der Waals surface area contributed by atoms with Crippen LogP contribution < -0.4 is 5.32 Å². The number of nitro groups is 1. The molecule has 1 rings (SSSR count). The number of halogens is 1. The molecule has 0 aliphatic carbocycles. The zero-order valence-electron chi connectivity index (χ0n) is 11.9. The highest BCUT2D eigenvalue weighted by atomic mass is 35.5. The summed E-state index contributed by atoms with van der Waals surface area (Å²) in [4.78, 5) is 22.6. The van der Waals surface area contributed by atoms with Gasteiger partial charge in [0.1, 0.15) is 5.56 Å². The van der Waals surface area contributed by atoms with Gasteiger partial charge in [0.05, 0.1) is 4.92 Å². The van der Waals surface area contributed by atoms with Crippen molar-refractivity contribution < 1.29 is 9.72 Å². The van der Waals surface area contributed by atoms with Crippen molar-refractivity contribution in [2.75, 3.05) is 5.88 Å². The average Bonchev–Trinajstić information content (AvgIpc) is 2.37. The van der Waals surface area contributed by atoms with Gasteiger partial charge in [0.15, 0.2) is 0 Å². The highest BCUT2D eigenvalue weighted by Gasteiger charge is 2.28. The van der Waals surface area contributed by atoms with Crippen LogP contribution in [0.3, 0.4) is 0 Å². The molecule has 0 spiro atoms. The molecule has 0 fully saturated rings. The second-order valence-electron chi connectivity index (χ2n) is 5.64. The summed E-state index contributed by atoms with van der Waals surface area (Å²) in [6.45, 7) is 5.97. The predicted octanol–water partition coefficient (Wildman–Crippen LogP) is 3.37. The van der Waals surface area contributed by atoms with Crippen molar-refractivity contribution >= 4 is 23.2 Å². The summed E-state index contributed by atoms with van der Waals surface area (Å²) >= 11 is 5.75. The number of para-hydroxylation sites is 1. The van der Waals surface area contributed by atoms with Crippen LogP contribution >= 0.6 is 11.6 Å². The molecule has 5 nitrogen and oxygen atoms in total. The first-order chi connectivity index (χ1) is 9.27. The van der Waals surface area contributed by atoms with E-state index in [4.69, 9.17) is 11.6 Å². The molecule has 0 heterocycles. The molecule has 1 aromatic carbocycles. The maximum Gasteiger partial charge on any atom is 0.282 e. The van der Waals surface area contributed by atoms with Crippen molar-refractivity contribution in [2.45, 2.75) is 33.2 Å². The molecule has 110 valence electrons. The number of hydrogen-bond donors (Lipinski definition) is 1. The molecule has 0 aliphatic rings. The number of carbonyl (C=O) groups excluding carboxylic acids is 1. The van der Waals surface area contributed by atoms with E-state index in [2.05, 4.69) is 5.32 Å². The number of alkyl halides is 1. The lowest BCUT2D eigenvalue weighted by molar-refractivity contribution is -0.385. The van der Waals surface area contributed by atoms with Gasteiger partial charge in [-0.25, -0.2) is 0 Å². The molecule has 0 saturated carbocycles. The highest BCUT2D eigenvalue weighted by Crippen LogP contribution is 2.24. The zero-order valence-corrected chi connectivity index (χ0v) is 12.6. The summed E-state index contributed by atoms with van der Waals surface area (Å²) < 4.78 is 0. The standard InChI is InChI=1S/C14H19ClN2O3/c1-14(2,3)12(8-9-15)16-13(18)10-6-4-5-7-11(10)17(19)20/h4-7,12H,8-9H2,1-3H3,(H,16,18). The van der Waals surface area contributed by atoms with Crippen molar-refractivity contribution in [1.29, 1.82) is 0 Å². The number of nitro benzene ring substituents is 1. The van der Waals surface area contributed by atoms with Gasteiger partial charge in [0, 0.05) is 18.0 Å². The van der Waals surface area contributed by atoms with Gasteiger partial charge < -0.3 is 5.32 Å². The van der Waals surface area contributed by atoms with Crippen molar-refractivity contribution in [3.05, 3.63) is 39.9 Å². The van der Waals surface area contributed by atoms with E-state index in [0.29, 0.717) is 12.3 Å². The predicted molar refractivity (Wildman–Crippen MR) is 79.1 cm³/mol. The smallest absolute Gasteiger partial charge is 0.282 e. The Morgan fingerprint density at radius 2 is 2.00 bits per heavy atom. The Hall–Kier alpha value is -1.62. The molecule has 0 radical (unpaired) electrons. The van der Waals surface area contributed by atoms with Gasteiger partial charge >= 0.3 is 0 Å². The third kappa shape index (κ3) is 4.20. The topological polar surface area (TPSA) is 72.2 Å². The maximum atomic E-state index is 12.2. The number of amides is 1. The fourth-order valence-corrected chi connectivity index (χ4v) is 2.11. The minimum atomic E-state index is -0.553. The maximum absolute atomic E-state index is 12.2. The molecule has 1 N–H and O–H groups in total. The second kappa shape index (κ2) is 6.70. The van der Waals surface area contributed by atoms with Crippen LogP contribution in [-0.2, 0) is 0 Å². The molecule has 0 aromatic heterocycles. The first-order valence-corrected chi connectivity index (χ1v) is 6.91. The highest BCUT2D eigenvalue weighted by molar-refractivity contribution is 6.17. The molecular weight excluding hydrogens is 280 g/mol. The summed E-state index contributed by atoms with van der Waals surface area (Å²) in [5, 5.41) is 13.8. The number of rotatable bonds is 5. The van der Waals surface area contributed by atoms with E-state index in [9.17, 15) is 14.9 Å². The molecule has 6 heteroatoms. The third-order valence-electron chi connectivity index (χ3n) is 3.09. The molecule has 1 atom stereocenters. The van der Waals surface area contributed by atoms with Crippen molar-refractivity contribution in [2.24, 2.45) is 5.41 Å². The summed E-state index contributed by atoms with van der Waals surface area (Å²) in [6.07, 6.45) is 0.609. The lowest BCUT2D eigenvalue weighted by Crippen LogP contribution is -2.44. The lowest BCUT2D eigenvalue weighted by atomic mass is 9.85. The van der Waals surface area contributed by atoms with Crippen molar-refractivity contribution in [3.63, 3.8) is 0 Å². The van der Waals surface area contributed by atoms with Crippen LogP contribution in [0.15, 0.2) is 24.3 Å². The van der Waals surface area contributed by atoms with Gasteiger partial charge in [-0.15, -0.1) is 11.6 Å². The monoisotopic (exact) mass is 298 g/mol. The minimum Gasteiger partial charge on any atom is -0.349 e. The normalized spacial score (nSPS) is 12.8. The molecule has 1 unspecified atom stereocenters. The summed E-state index contributed by atoms with van der Waals surface area (Å²) in [5.74, 6) is -0.0265. The van der Waals surface area contributed by atoms with E-state index >= 15 is 0 Å². The van der Waals surface area contributed by atoms with Crippen LogP contribution in [0.1, 0.15) is 37.6 Å². The van der Waals surface area contributed by atoms with Gasteiger partial charge in [0.25, 0.3) is 11.6 Å². The SMILES string of the molecule is CC(C)(C)C(CCCl)NC(=O)c1ccccc1[N+](=O)[O-]. The fourth-order valence-electron chi connectivity index (χ4n) is 1.89. The van der Waals surface area contributed by atoms with Crippen molar-refractivity contribution in [1.82, 2.24) is 5.32 Å². The van der Waals surface area contributed by atoms with Crippen molar-refractivity contribution in [3.8, 4) is 0 Å². The van der Waals surface area contributed by atoms with Crippen LogP contribution in [0.4, 0.5) is 5.69 Å². The zero-order chi connectivity index (χ0) is 15.3. The molecule has 1 aromatic rings. The quantitative estimate of drug-likeness (QED) is 0.514. The second-order valence-corrected chi connectivity index (χ2v) is 6.02. The van der Waals surface area contributed by atoms with Gasteiger partial charge in [-0.3, -0.25) is 14.9 Å². The fraction of sp³-hybridized carbons (Fsp3) is 0.500. The van der Waals surface area contributed by atoms with Crippen LogP contribution in [-0.4, -0.2) is 22.8 Å². The first kappa shape index (κ1) is 16.4. The van der Waals surface area contributed by atoms with Gasteiger partial charge in [-0.2, -0.15) is 0 Å². The van der Waals surface area contributed by atoms with E-state index in [0.717, 1.165) is 0 Å². The number of hydrogen-bond acceptors (Lipinski definition) is 3. The number of nitrogens with one attached hydrogen (secondary N) is 1. The molecule has 0 aliphatic heterocycles. The van der Waals surface area contributed by atoms with Crippen LogP contribution in [0.5, 0.6) is 0 Å². The Balaban J connectivity index is 2.98. The molecule has 20 heavy (non-hydrogen) atoms. The Bertz CT molecular complexity index is 497. The number of carbonyl (C=O) groups is 1. The van der Waals surface area contributed by atoms with Crippen LogP contribution in [0, 0.1) is 15.5 Å². The minimum absolute atomic E-state index is 0.0707. The van der Waals surface area contributed by atoms with Crippen LogP contribution in [0.2, 0.25) is 0 Å². The van der Waals surface area contributed by atoms with E-state index in [1.54, 1.807) is 6.07 Å². The molecule has 0 saturated heterocycles. The summed E-state index contributed by atoms with van der Waals surface area (Å²) in [6, 6.07) is 5.77. The third-order valence-corrected chi connectivity index (χ3v) is 3.31. The largest absolute Gasteiger partial charge is 0.349 e. The number of benzene rings is 1. The lowest BCUT2D eigenvalue weighted by Gasteiger charge is -2.31. The van der Waals surface area contributed by atoms with E-state index in [1.165, 1.54) is 18.2 Å². The van der Waals surface area contributed by atoms with Gasteiger partial charge in [-0.1, -0.05) is 32.9 Å². The Labute approximate surface area is 123 Å². The molecular formula is C14H19ClN2O3. The molecule has 1 amide bonds. The first-order valence-electron chi connectivity index (χ1n) is 6.37. The number of nitrogens with zero attached hydrogens (tertiary/aromatic N) is 1. The Morgan fingerprint density at radius 3 is 2.50 bits per heavy atom. The summed E-state index contributed by atoms with van der Waals surface area (Å²) in [5.41, 5.74) is -0.293. The van der Waals surface area contributed by atoms with E-state index in [-0.39, 0.29) is 22.7 Å². The van der Waals surface area contributed by atoms with Gasteiger partial charge in [0.2, 0.25) is 0 Å². The van der Waals surface area contributed by atoms with Gasteiger partial charge in [-0.05, 0) is 17.9 Å². The van der Waals surface area contributed by atoms with E-state index in [1.807, 2.05) is 20.8 Å².